The van der Waals surface area contributed by atoms with E-state index in [1.165, 1.54) is 0 Å². The molecule has 0 spiro atoms. The molecule has 0 aliphatic rings. The lowest BCUT2D eigenvalue weighted by molar-refractivity contribution is 0.102. The summed E-state index contributed by atoms with van der Waals surface area (Å²) in [4.78, 5) is 16.3. The third-order valence-corrected chi connectivity index (χ3v) is 3.20. The largest absolute Gasteiger partial charge is 0.319 e. The van der Waals surface area contributed by atoms with Crippen LogP contribution in [0.1, 0.15) is 16.2 Å². The third-order valence-electron chi connectivity index (χ3n) is 2.66. The molecule has 2 aromatic heterocycles. The summed E-state index contributed by atoms with van der Waals surface area (Å²) in [5.41, 5.74) is 3.33. The number of aryl methyl sites for hydroxylation is 1. The molecule has 0 radical (unpaired) electrons. The Balaban J connectivity index is 1.93. The molecule has 0 bridgehead atoms. The Hall–Kier alpha value is -2.34. The van der Waals surface area contributed by atoms with Crippen LogP contribution in [-0.4, -0.2) is 19.6 Å². The lowest BCUT2D eigenvalue weighted by Crippen LogP contribution is -2.14. The summed E-state index contributed by atoms with van der Waals surface area (Å²) in [6, 6.07) is 10.8. The van der Waals surface area contributed by atoms with Gasteiger partial charge < -0.3 is 5.32 Å². The molecule has 1 amide bonds. The predicted molar refractivity (Wildman–Crippen MR) is 74.3 cm³/mol. The second-order valence-corrected chi connectivity index (χ2v) is 4.58. The third kappa shape index (κ3) is 2.30. The van der Waals surface area contributed by atoms with Crippen LogP contribution in [0.5, 0.6) is 0 Å². The second-order valence-electron chi connectivity index (χ2n) is 4.06. The van der Waals surface area contributed by atoms with E-state index in [1.54, 1.807) is 12.1 Å². The molecule has 3 aromatic rings. The van der Waals surface area contributed by atoms with E-state index >= 15 is 0 Å². The molecule has 6 heteroatoms. The van der Waals surface area contributed by atoms with Crippen molar-refractivity contribution in [2.45, 2.75) is 6.92 Å². The number of hydrogen-bond acceptors (Lipinski definition) is 5. The molecule has 5 nitrogen and oxygen atoms in total. The van der Waals surface area contributed by atoms with E-state index in [0.29, 0.717) is 16.9 Å². The minimum absolute atomic E-state index is 0.246. The molecular formula is C13H10N4OS. The fourth-order valence-electron chi connectivity index (χ4n) is 1.76. The Morgan fingerprint density at radius 1 is 1.16 bits per heavy atom. The highest BCUT2D eigenvalue weighted by Gasteiger charge is 2.11. The van der Waals surface area contributed by atoms with Crippen LogP contribution in [0.25, 0.3) is 11.0 Å². The van der Waals surface area contributed by atoms with Crippen molar-refractivity contribution in [1.82, 2.24) is 13.7 Å². The van der Waals surface area contributed by atoms with Crippen LogP contribution in [0.2, 0.25) is 0 Å². The molecule has 0 saturated carbocycles. The quantitative estimate of drug-likeness (QED) is 0.777. The Bertz CT molecular complexity index is 753. The van der Waals surface area contributed by atoms with Crippen molar-refractivity contribution in [1.29, 1.82) is 0 Å². The highest BCUT2D eigenvalue weighted by molar-refractivity contribution is 7.00. The van der Waals surface area contributed by atoms with Gasteiger partial charge in [-0.15, -0.1) is 0 Å². The molecule has 0 aliphatic carbocycles. The minimum atomic E-state index is -0.246. The molecule has 0 atom stereocenters. The fourth-order valence-corrected chi connectivity index (χ4v) is 2.31. The van der Waals surface area contributed by atoms with Crippen molar-refractivity contribution < 1.29 is 4.79 Å². The number of fused-ring (bicyclic) bond motifs is 1. The SMILES string of the molecule is Cc1cccc(C(=O)Nc2cccc3nsnc23)n1. The summed E-state index contributed by atoms with van der Waals surface area (Å²) < 4.78 is 8.32. The molecule has 0 saturated heterocycles. The van der Waals surface area contributed by atoms with Crippen LogP contribution in [0.4, 0.5) is 5.69 Å². The van der Waals surface area contributed by atoms with Crippen LogP contribution in [0.15, 0.2) is 36.4 Å². The van der Waals surface area contributed by atoms with Gasteiger partial charge in [0.15, 0.2) is 0 Å². The van der Waals surface area contributed by atoms with Crippen molar-refractivity contribution in [2.75, 3.05) is 5.32 Å². The lowest BCUT2D eigenvalue weighted by Gasteiger charge is -2.05. The molecule has 1 N–H and O–H groups in total. The topological polar surface area (TPSA) is 67.8 Å². The van der Waals surface area contributed by atoms with Gasteiger partial charge in [-0.1, -0.05) is 12.1 Å². The van der Waals surface area contributed by atoms with Gasteiger partial charge in [-0.05, 0) is 31.2 Å². The summed E-state index contributed by atoms with van der Waals surface area (Å²) >= 11 is 1.13. The van der Waals surface area contributed by atoms with Crippen molar-refractivity contribution in [3.05, 3.63) is 47.8 Å². The number of amides is 1. The van der Waals surface area contributed by atoms with E-state index < -0.39 is 0 Å². The average molecular weight is 270 g/mol. The molecule has 0 aliphatic heterocycles. The van der Waals surface area contributed by atoms with Crippen molar-refractivity contribution in [3.8, 4) is 0 Å². The summed E-state index contributed by atoms with van der Waals surface area (Å²) in [6.07, 6.45) is 0. The number of carbonyl (C=O) groups excluding carboxylic acids is 1. The van der Waals surface area contributed by atoms with Crippen molar-refractivity contribution in [2.24, 2.45) is 0 Å². The van der Waals surface area contributed by atoms with Gasteiger partial charge in [0.05, 0.1) is 17.4 Å². The van der Waals surface area contributed by atoms with Gasteiger partial charge in [0.1, 0.15) is 16.7 Å². The first kappa shape index (κ1) is 11.7. The molecule has 3 rings (SSSR count). The predicted octanol–water partition coefficient (Wildman–Crippen LogP) is 2.65. The average Bonchev–Trinajstić information content (AvgIpc) is 2.88. The summed E-state index contributed by atoms with van der Waals surface area (Å²) in [6.45, 7) is 1.85. The Labute approximate surface area is 113 Å². The summed E-state index contributed by atoms with van der Waals surface area (Å²) in [7, 11) is 0. The van der Waals surface area contributed by atoms with Crippen LogP contribution in [0.3, 0.4) is 0 Å². The Morgan fingerprint density at radius 2 is 2.00 bits per heavy atom. The van der Waals surface area contributed by atoms with E-state index in [2.05, 4.69) is 19.0 Å². The highest BCUT2D eigenvalue weighted by atomic mass is 32.1. The zero-order valence-corrected chi connectivity index (χ0v) is 10.9. The van der Waals surface area contributed by atoms with E-state index in [-0.39, 0.29) is 5.91 Å². The standard InChI is InChI=1S/C13H10N4OS/c1-8-4-2-7-11(14-8)13(18)15-9-5-3-6-10-12(9)17-19-16-10/h2-7H,1H3,(H,15,18). The molecule has 0 fully saturated rings. The van der Waals surface area contributed by atoms with Crippen LogP contribution in [0, 0.1) is 6.92 Å². The van der Waals surface area contributed by atoms with Crippen LogP contribution >= 0.6 is 11.7 Å². The molecule has 1 aromatic carbocycles. The van der Waals surface area contributed by atoms with Crippen molar-refractivity contribution >= 4 is 34.4 Å². The van der Waals surface area contributed by atoms with Gasteiger partial charge in [0, 0.05) is 5.69 Å². The van der Waals surface area contributed by atoms with Gasteiger partial charge in [-0.3, -0.25) is 4.79 Å². The van der Waals surface area contributed by atoms with Crippen LogP contribution in [-0.2, 0) is 0 Å². The smallest absolute Gasteiger partial charge is 0.274 e. The minimum Gasteiger partial charge on any atom is -0.319 e. The molecule has 0 unspecified atom stereocenters. The first-order valence-electron chi connectivity index (χ1n) is 5.70. The fraction of sp³-hybridized carbons (Fsp3) is 0.0769. The number of aromatic nitrogens is 3. The first-order valence-corrected chi connectivity index (χ1v) is 6.43. The monoisotopic (exact) mass is 270 g/mol. The summed E-state index contributed by atoms with van der Waals surface area (Å²) in [5.74, 6) is -0.246. The highest BCUT2D eigenvalue weighted by Crippen LogP contribution is 2.21. The normalized spacial score (nSPS) is 10.6. The number of nitrogens with zero attached hydrogens (tertiary/aromatic N) is 3. The maximum Gasteiger partial charge on any atom is 0.274 e. The summed E-state index contributed by atoms with van der Waals surface area (Å²) in [5, 5.41) is 2.82. The van der Waals surface area contributed by atoms with E-state index in [0.717, 1.165) is 22.9 Å². The number of pyridine rings is 1. The number of anilines is 1. The van der Waals surface area contributed by atoms with Gasteiger partial charge in [-0.2, -0.15) is 8.75 Å². The maximum absolute atomic E-state index is 12.1. The number of carbonyl (C=O) groups is 1. The number of hydrogen-bond donors (Lipinski definition) is 1. The maximum atomic E-state index is 12.1. The van der Waals surface area contributed by atoms with E-state index in [9.17, 15) is 4.79 Å². The molecular weight excluding hydrogens is 260 g/mol. The van der Waals surface area contributed by atoms with Gasteiger partial charge in [0.25, 0.3) is 5.91 Å². The number of benzene rings is 1. The van der Waals surface area contributed by atoms with E-state index in [4.69, 9.17) is 0 Å². The lowest BCUT2D eigenvalue weighted by atomic mass is 10.2. The first-order chi connectivity index (χ1) is 9.24. The van der Waals surface area contributed by atoms with E-state index in [1.807, 2.05) is 31.2 Å². The molecule has 94 valence electrons. The zero-order chi connectivity index (χ0) is 13.2. The zero-order valence-electron chi connectivity index (χ0n) is 10.1. The van der Waals surface area contributed by atoms with Crippen molar-refractivity contribution in [3.63, 3.8) is 0 Å². The molecule has 2 heterocycles. The molecule has 19 heavy (non-hydrogen) atoms. The second kappa shape index (κ2) is 4.74. The Morgan fingerprint density at radius 3 is 2.84 bits per heavy atom. The van der Waals surface area contributed by atoms with Gasteiger partial charge in [-0.25, -0.2) is 4.98 Å². The Kier molecular flexibility index (Phi) is 2.92. The van der Waals surface area contributed by atoms with Crippen LogP contribution < -0.4 is 5.32 Å². The van der Waals surface area contributed by atoms with Gasteiger partial charge >= 0.3 is 0 Å². The van der Waals surface area contributed by atoms with Gasteiger partial charge in [0.2, 0.25) is 0 Å². The number of rotatable bonds is 2. The number of nitrogens with one attached hydrogen (secondary N) is 1.